The molecule has 1 aromatic carbocycles. The van der Waals surface area contributed by atoms with Gasteiger partial charge in [-0.3, -0.25) is 9.69 Å². The molecule has 3 heterocycles. The van der Waals surface area contributed by atoms with Crippen LogP contribution in [0.4, 0.5) is 0 Å². The average Bonchev–Trinajstić information content (AvgIpc) is 3.40. The molecule has 7 heteroatoms. The maximum absolute atomic E-state index is 12.9. The number of benzene rings is 1. The average molecular weight is 372 g/mol. The van der Waals surface area contributed by atoms with Gasteiger partial charge >= 0.3 is 0 Å². The Morgan fingerprint density at radius 2 is 2.12 bits per heavy atom. The summed E-state index contributed by atoms with van der Waals surface area (Å²) in [4.78, 5) is 15.5. The number of carbonyl (C=O) groups is 1. The fraction of sp³-hybridized carbons (Fsp3) is 0.474. The number of rotatable bonds is 5. The van der Waals surface area contributed by atoms with Crippen molar-refractivity contribution in [3.05, 3.63) is 48.3 Å². The van der Waals surface area contributed by atoms with Gasteiger partial charge in [-0.15, -0.1) is 0 Å². The Balaban J connectivity index is 1.50. The van der Waals surface area contributed by atoms with Crippen LogP contribution >= 0.6 is 11.8 Å². The van der Waals surface area contributed by atoms with Gasteiger partial charge in [-0.25, -0.2) is 4.68 Å². The normalized spacial score (nSPS) is 23.8. The Labute approximate surface area is 157 Å². The van der Waals surface area contributed by atoms with E-state index in [1.165, 1.54) is 0 Å². The van der Waals surface area contributed by atoms with E-state index < -0.39 is 0 Å². The lowest BCUT2D eigenvalue weighted by molar-refractivity contribution is -0.0129. The third-order valence-corrected chi connectivity index (χ3v) is 6.48. The van der Waals surface area contributed by atoms with Crippen molar-refractivity contribution in [3.8, 4) is 5.69 Å². The monoisotopic (exact) mass is 372 g/mol. The molecule has 0 spiro atoms. The first-order valence-electron chi connectivity index (χ1n) is 9.06. The molecule has 0 saturated carbocycles. The number of hydrogen-bond donors (Lipinski definition) is 1. The van der Waals surface area contributed by atoms with Gasteiger partial charge in [0.1, 0.15) is 0 Å². The zero-order valence-corrected chi connectivity index (χ0v) is 15.6. The number of carbonyl (C=O) groups excluding carboxylic acids is 1. The quantitative estimate of drug-likeness (QED) is 0.867. The van der Waals surface area contributed by atoms with Crippen molar-refractivity contribution in [2.24, 2.45) is 0 Å². The van der Waals surface area contributed by atoms with E-state index in [1.54, 1.807) is 10.9 Å². The lowest BCUT2D eigenvalue weighted by Crippen LogP contribution is -2.59. The second-order valence-corrected chi connectivity index (χ2v) is 7.88. The van der Waals surface area contributed by atoms with E-state index in [9.17, 15) is 4.79 Å². The Morgan fingerprint density at radius 1 is 1.27 bits per heavy atom. The van der Waals surface area contributed by atoms with Gasteiger partial charge < -0.3 is 10.1 Å². The van der Waals surface area contributed by atoms with Crippen molar-refractivity contribution in [1.29, 1.82) is 0 Å². The minimum Gasteiger partial charge on any atom is -0.379 e. The lowest BCUT2D eigenvalue weighted by atomic mass is 9.95. The summed E-state index contributed by atoms with van der Waals surface area (Å²) < 4.78 is 7.24. The number of aromatic nitrogens is 2. The highest BCUT2D eigenvalue weighted by atomic mass is 32.2. The second-order valence-electron chi connectivity index (χ2n) is 6.78. The molecule has 2 aliphatic heterocycles. The minimum absolute atomic E-state index is 0.0411. The van der Waals surface area contributed by atoms with Crippen LogP contribution in [0.15, 0.2) is 42.7 Å². The maximum Gasteiger partial charge on any atom is 0.253 e. The summed E-state index contributed by atoms with van der Waals surface area (Å²) in [5.41, 5.74) is 1.50. The van der Waals surface area contributed by atoms with Gasteiger partial charge in [0.2, 0.25) is 0 Å². The molecule has 1 N–H and O–H groups in total. The van der Waals surface area contributed by atoms with Gasteiger partial charge in [-0.05, 0) is 30.4 Å². The van der Waals surface area contributed by atoms with Gasteiger partial charge in [0, 0.05) is 43.3 Å². The molecular formula is C19H24N4O2S. The van der Waals surface area contributed by atoms with Crippen LogP contribution in [0.1, 0.15) is 16.8 Å². The first-order chi connectivity index (χ1) is 12.8. The first-order valence-corrected chi connectivity index (χ1v) is 10.2. The van der Waals surface area contributed by atoms with Gasteiger partial charge in [-0.2, -0.15) is 16.9 Å². The maximum atomic E-state index is 12.9. The van der Waals surface area contributed by atoms with E-state index in [1.807, 2.05) is 48.3 Å². The smallest absolute Gasteiger partial charge is 0.253 e. The number of para-hydroxylation sites is 1. The van der Waals surface area contributed by atoms with E-state index in [0.717, 1.165) is 49.9 Å². The van der Waals surface area contributed by atoms with E-state index >= 15 is 0 Å². The third kappa shape index (κ3) is 3.51. The van der Waals surface area contributed by atoms with Crippen LogP contribution in [-0.4, -0.2) is 70.5 Å². The largest absolute Gasteiger partial charge is 0.379 e. The van der Waals surface area contributed by atoms with Crippen LogP contribution < -0.4 is 5.32 Å². The van der Waals surface area contributed by atoms with Crippen molar-refractivity contribution in [1.82, 2.24) is 20.0 Å². The zero-order chi connectivity index (χ0) is 17.8. The summed E-state index contributed by atoms with van der Waals surface area (Å²) in [5.74, 6) is 2.17. The Kier molecular flexibility index (Phi) is 5.28. The molecule has 1 atom stereocenters. The number of thioether (sulfide) groups is 1. The van der Waals surface area contributed by atoms with Crippen LogP contribution in [0, 0.1) is 0 Å². The summed E-state index contributed by atoms with van der Waals surface area (Å²) in [6.07, 6.45) is 4.69. The van der Waals surface area contributed by atoms with Crippen LogP contribution in [-0.2, 0) is 4.74 Å². The van der Waals surface area contributed by atoms with Crippen LogP contribution in [0.25, 0.3) is 5.69 Å². The fourth-order valence-electron chi connectivity index (χ4n) is 3.75. The van der Waals surface area contributed by atoms with Crippen LogP contribution in [0.3, 0.4) is 0 Å². The summed E-state index contributed by atoms with van der Waals surface area (Å²) in [6.45, 7) is 4.12. The Bertz CT molecular complexity index is 738. The number of nitrogens with zero attached hydrogens (tertiary/aromatic N) is 3. The molecule has 2 aliphatic rings. The molecule has 4 rings (SSSR count). The number of nitrogens with one attached hydrogen (secondary N) is 1. The van der Waals surface area contributed by atoms with Gasteiger partial charge in [0.15, 0.2) is 0 Å². The molecule has 2 fully saturated rings. The summed E-state index contributed by atoms with van der Waals surface area (Å²) >= 11 is 1.98. The molecule has 26 heavy (non-hydrogen) atoms. The summed E-state index contributed by atoms with van der Waals surface area (Å²) in [6, 6.07) is 9.46. The molecule has 0 bridgehead atoms. The van der Waals surface area contributed by atoms with Crippen molar-refractivity contribution in [2.45, 2.75) is 12.0 Å². The van der Waals surface area contributed by atoms with Crippen molar-refractivity contribution in [3.63, 3.8) is 0 Å². The predicted octanol–water partition coefficient (Wildman–Crippen LogP) is 1.81. The molecule has 6 nitrogen and oxygen atoms in total. The second kappa shape index (κ2) is 7.82. The van der Waals surface area contributed by atoms with Gasteiger partial charge in [-0.1, -0.05) is 12.1 Å². The molecule has 1 amide bonds. The summed E-state index contributed by atoms with van der Waals surface area (Å²) in [5, 5.41) is 7.47. The Hall–Kier alpha value is -1.83. The van der Waals surface area contributed by atoms with E-state index in [0.29, 0.717) is 12.1 Å². The number of ether oxygens (including phenoxy) is 1. The minimum atomic E-state index is -0.0411. The van der Waals surface area contributed by atoms with Crippen molar-refractivity contribution >= 4 is 17.7 Å². The predicted molar refractivity (Wildman–Crippen MR) is 103 cm³/mol. The standard InChI is InChI=1S/C19H24N4O2S/c24-18(16-4-1-2-5-17(16)23-8-3-7-21-23)20-14-19(6-13-26-15-19)22-9-11-25-12-10-22/h1-5,7-8H,6,9-15H2,(H,20,24)/t19-/m1/s1. The molecule has 2 saturated heterocycles. The molecular weight excluding hydrogens is 348 g/mol. The van der Waals surface area contributed by atoms with E-state index in [2.05, 4.69) is 15.3 Å². The van der Waals surface area contributed by atoms with E-state index in [4.69, 9.17) is 4.74 Å². The highest BCUT2D eigenvalue weighted by Crippen LogP contribution is 2.33. The highest BCUT2D eigenvalue weighted by molar-refractivity contribution is 7.99. The first kappa shape index (κ1) is 17.6. The topological polar surface area (TPSA) is 59.4 Å². The molecule has 0 radical (unpaired) electrons. The number of morpholine rings is 1. The SMILES string of the molecule is O=C(NC[C@]1(N2CCOCC2)CCSC1)c1ccccc1-n1cccn1. The van der Waals surface area contributed by atoms with Gasteiger partial charge in [0.25, 0.3) is 5.91 Å². The van der Waals surface area contributed by atoms with Gasteiger partial charge in [0.05, 0.1) is 24.5 Å². The molecule has 0 aliphatic carbocycles. The zero-order valence-electron chi connectivity index (χ0n) is 14.8. The van der Waals surface area contributed by atoms with Crippen LogP contribution in [0.5, 0.6) is 0 Å². The molecule has 0 unspecified atom stereocenters. The third-order valence-electron chi connectivity index (χ3n) is 5.24. The highest BCUT2D eigenvalue weighted by Gasteiger charge is 2.41. The number of hydrogen-bond acceptors (Lipinski definition) is 5. The molecule has 1 aromatic heterocycles. The van der Waals surface area contributed by atoms with Crippen molar-refractivity contribution < 1.29 is 9.53 Å². The lowest BCUT2D eigenvalue weighted by Gasteiger charge is -2.43. The molecule has 2 aromatic rings. The van der Waals surface area contributed by atoms with E-state index in [-0.39, 0.29) is 11.4 Å². The summed E-state index contributed by atoms with van der Waals surface area (Å²) in [7, 11) is 0. The Morgan fingerprint density at radius 3 is 2.85 bits per heavy atom. The fourth-order valence-corrected chi connectivity index (χ4v) is 5.23. The van der Waals surface area contributed by atoms with Crippen LogP contribution in [0.2, 0.25) is 0 Å². The molecule has 138 valence electrons. The van der Waals surface area contributed by atoms with Crippen molar-refractivity contribution in [2.75, 3.05) is 44.4 Å². The number of amides is 1.